The third-order valence-electron chi connectivity index (χ3n) is 8.36. The van der Waals surface area contributed by atoms with Crippen molar-refractivity contribution in [2.45, 2.75) is 45.1 Å². The van der Waals surface area contributed by atoms with Crippen LogP contribution < -0.4 is 16.4 Å². The van der Waals surface area contributed by atoms with Crippen LogP contribution in [0, 0.1) is 18.8 Å². The van der Waals surface area contributed by atoms with Gasteiger partial charge in [-0.15, -0.1) is 22.6 Å². The summed E-state index contributed by atoms with van der Waals surface area (Å²) >= 11 is 0. The molecule has 6 rings (SSSR count). The molecule has 1 saturated carbocycles. The first kappa shape index (κ1) is 31.0. The van der Waals surface area contributed by atoms with Crippen molar-refractivity contribution in [3.63, 3.8) is 0 Å². The van der Waals surface area contributed by atoms with Gasteiger partial charge in [-0.3, -0.25) is 9.59 Å². The van der Waals surface area contributed by atoms with E-state index in [0.29, 0.717) is 48.8 Å². The van der Waals surface area contributed by atoms with Crippen molar-refractivity contribution in [2.24, 2.45) is 23.3 Å². The second kappa shape index (κ2) is 13.5. The molecule has 228 valence electrons. The lowest BCUT2D eigenvalue weighted by molar-refractivity contribution is -0.130. The zero-order valence-electron chi connectivity index (χ0n) is 24.4. The maximum Gasteiger partial charge on any atom is 0.251 e. The minimum atomic E-state index is -0.906. The fraction of sp³-hybridized carbons (Fsp3) is 0.312. The van der Waals surface area contributed by atoms with Gasteiger partial charge >= 0.3 is 0 Å². The summed E-state index contributed by atoms with van der Waals surface area (Å²) in [5, 5.41) is 14.0. The number of amides is 2. The number of H-pyrrole nitrogens is 2. The molecule has 5 aromatic rings. The van der Waals surface area contributed by atoms with Crippen LogP contribution >= 0.6 is 12.4 Å². The molecule has 2 heterocycles. The Hall–Kier alpha value is -4.45. The van der Waals surface area contributed by atoms with Crippen LogP contribution in [-0.2, 0) is 16.0 Å². The Labute approximate surface area is 261 Å². The Morgan fingerprint density at radius 3 is 2.30 bits per heavy atom. The van der Waals surface area contributed by atoms with Gasteiger partial charge in [0.15, 0.2) is 0 Å². The maximum absolute atomic E-state index is 13.9. The number of aromatic amines is 2. The van der Waals surface area contributed by atoms with E-state index in [0.717, 1.165) is 46.4 Å². The highest BCUT2D eigenvalue weighted by atomic mass is 35.5. The first-order valence-corrected chi connectivity index (χ1v) is 14.6. The lowest BCUT2D eigenvalue weighted by Gasteiger charge is -2.32. The highest BCUT2D eigenvalue weighted by molar-refractivity contribution is 6.17. The van der Waals surface area contributed by atoms with Crippen molar-refractivity contribution >= 4 is 40.9 Å². The Bertz CT molecular complexity index is 1710. The number of aromatic nitrogens is 6. The van der Waals surface area contributed by atoms with Crippen molar-refractivity contribution in [3.05, 3.63) is 78.1 Å². The van der Waals surface area contributed by atoms with Gasteiger partial charge in [0, 0.05) is 11.5 Å². The molecule has 1 atom stereocenters. The minimum Gasteiger partial charge on any atom is -0.342 e. The molecule has 1 fully saturated rings. The van der Waals surface area contributed by atoms with Gasteiger partial charge < -0.3 is 16.5 Å². The van der Waals surface area contributed by atoms with E-state index in [2.05, 4.69) is 36.7 Å². The molecule has 0 radical (unpaired) electrons. The normalized spacial score (nSPS) is 17.2. The third kappa shape index (κ3) is 6.54. The predicted molar refractivity (Wildman–Crippen MR) is 172 cm³/mol. The SMILES string of the molecule is Cc1nc2ccc(-c3ccc(C[C@H](N)C(=O)N(C(=O)C4CCC(CN)CC4)c4ccc(-c5nn[nH]n5)cc4)cc3)cc2[nH]1.Cl. The van der Waals surface area contributed by atoms with Gasteiger partial charge in [-0.2, -0.15) is 5.21 Å². The molecule has 0 unspecified atom stereocenters. The molecule has 0 spiro atoms. The second-order valence-electron chi connectivity index (χ2n) is 11.3. The molecule has 44 heavy (non-hydrogen) atoms. The van der Waals surface area contributed by atoms with Crippen molar-refractivity contribution in [3.8, 4) is 22.5 Å². The van der Waals surface area contributed by atoms with Crippen LogP contribution in [0.5, 0.6) is 0 Å². The lowest BCUT2D eigenvalue weighted by Crippen LogP contribution is -2.50. The molecule has 0 bridgehead atoms. The Kier molecular flexibility index (Phi) is 9.48. The van der Waals surface area contributed by atoms with E-state index in [1.807, 2.05) is 43.3 Å². The number of anilines is 1. The van der Waals surface area contributed by atoms with Gasteiger partial charge in [0.05, 0.1) is 22.8 Å². The quantitative estimate of drug-likeness (QED) is 0.200. The number of aryl methyl sites for hydroxylation is 1. The van der Waals surface area contributed by atoms with Gasteiger partial charge in [0.1, 0.15) is 5.82 Å². The number of carbonyl (C=O) groups is 2. The monoisotopic (exact) mass is 613 g/mol. The fourth-order valence-corrected chi connectivity index (χ4v) is 5.89. The average molecular weight is 614 g/mol. The maximum atomic E-state index is 13.9. The van der Waals surface area contributed by atoms with Gasteiger partial charge in [-0.05, 0) is 110 Å². The van der Waals surface area contributed by atoms with E-state index in [9.17, 15) is 9.59 Å². The number of nitrogens with one attached hydrogen (secondary N) is 2. The van der Waals surface area contributed by atoms with Gasteiger partial charge in [-0.25, -0.2) is 9.88 Å². The van der Waals surface area contributed by atoms with E-state index in [1.165, 1.54) is 4.90 Å². The number of benzene rings is 3. The van der Waals surface area contributed by atoms with E-state index >= 15 is 0 Å². The number of imide groups is 1. The highest BCUT2D eigenvalue weighted by Crippen LogP contribution is 2.32. The molecule has 2 amide bonds. The van der Waals surface area contributed by atoms with E-state index in [4.69, 9.17) is 11.5 Å². The van der Waals surface area contributed by atoms with Crippen LogP contribution in [0.15, 0.2) is 66.7 Å². The van der Waals surface area contributed by atoms with E-state index in [1.54, 1.807) is 24.3 Å². The zero-order chi connectivity index (χ0) is 29.9. The summed E-state index contributed by atoms with van der Waals surface area (Å²) < 4.78 is 0. The number of nitrogens with zero attached hydrogens (tertiary/aromatic N) is 5. The van der Waals surface area contributed by atoms with E-state index in [-0.39, 0.29) is 24.2 Å². The summed E-state index contributed by atoms with van der Waals surface area (Å²) in [6.45, 7) is 2.55. The van der Waals surface area contributed by atoms with Crippen molar-refractivity contribution in [2.75, 3.05) is 11.4 Å². The molecule has 0 aliphatic heterocycles. The first-order chi connectivity index (χ1) is 20.9. The summed E-state index contributed by atoms with van der Waals surface area (Å²) in [6, 6.07) is 20.2. The number of halogens is 1. The number of hydrogen-bond acceptors (Lipinski definition) is 8. The topological polar surface area (TPSA) is 173 Å². The lowest BCUT2D eigenvalue weighted by atomic mass is 9.81. The highest BCUT2D eigenvalue weighted by Gasteiger charge is 2.35. The summed E-state index contributed by atoms with van der Waals surface area (Å²) in [6.07, 6.45) is 3.44. The number of rotatable bonds is 8. The van der Waals surface area contributed by atoms with Crippen molar-refractivity contribution < 1.29 is 9.59 Å². The number of imidazole rings is 1. The van der Waals surface area contributed by atoms with Gasteiger partial charge in [0.2, 0.25) is 11.7 Å². The van der Waals surface area contributed by atoms with Crippen molar-refractivity contribution in [1.82, 2.24) is 30.6 Å². The molecule has 6 N–H and O–H groups in total. The third-order valence-corrected chi connectivity index (χ3v) is 8.36. The molecule has 0 saturated heterocycles. The first-order valence-electron chi connectivity index (χ1n) is 14.6. The number of fused-ring (bicyclic) bond motifs is 1. The smallest absolute Gasteiger partial charge is 0.251 e. The van der Waals surface area contributed by atoms with E-state index < -0.39 is 11.9 Å². The van der Waals surface area contributed by atoms with Crippen LogP contribution in [0.1, 0.15) is 37.1 Å². The summed E-state index contributed by atoms with van der Waals surface area (Å²) in [5.41, 5.74) is 18.5. The number of nitrogens with two attached hydrogens (primary N) is 2. The molecular formula is C32H36ClN9O2. The molecule has 11 nitrogen and oxygen atoms in total. The number of tetrazole rings is 1. The standard InChI is InChI=1S/C32H35N9O2.ClH/c1-19-35-28-15-12-25(17-29(28)36-19)22-6-2-20(3-7-22)16-27(34)32(43)41(31(42)24-8-4-21(18-33)5-9-24)26-13-10-23(11-14-26)30-37-39-40-38-30;/h2-3,6-7,10-15,17,21,24,27H,4-5,8-9,16,18,33-34H2,1H3,(H,35,36)(H,37,38,39,40);1H/t21?,24?,27-;/m0./s1. The predicted octanol–water partition coefficient (Wildman–Crippen LogP) is 4.33. The van der Waals surface area contributed by atoms with Crippen LogP contribution in [0.4, 0.5) is 5.69 Å². The van der Waals surface area contributed by atoms with Crippen LogP contribution in [0.2, 0.25) is 0 Å². The summed E-state index contributed by atoms with van der Waals surface area (Å²) in [5.74, 6) is 0.810. The van der Waals surface area contributed by atoms with Gasteiger partial charge in [0.25, 0.3) is 5.91 Å². The van der Waals surface area contributed by atoms with Crippen molar-refractivity contribution in [1.29, 1.82) is 0 Å². The Morgan fingerprint density at radius 2 is 1.64 bits per heavy atom. The molecule has 3 aromatic carbocycles. The second-order valence-corrected chi connectivity index (χ2v) is 11.3. The molecule has 12 heteroatoms. The van der Waals surface area contributed by atoms with Crippen LogP contribution in [0.3, 0.4) is 0 Å². The molecule has 1 aliphatic carbocycles. The summed E-state index contributed by atoms with van der Waals surface area (Å²) in [4.78, 5) is 36.8. The van der Waals surface area contributed by atoms with Gasteiger partial charge in [-0.1, -0.05) is 30.3 Å². The summed E-state index contributed by atoms with van der Waals surface area (Å²) in [7, 11) is 0. The molecule has 2 aromatic heterocycles. The fourth-order valence-electron chi connectivity index (χ4n) is 5.89. The number of carbonyl (C=O) groups excluding carboxylic acids is 2. The Balaban J connectivity index is 0.00000384. The van der Waals surface area contributed by atoms with Crippen LogP contribution in [-0.4, -0.2) is 55.0 Å². The average Bonchev–Trinajstić information content (AvgIpc) is 3.71. The Morgan fingerprint density at radius 1 is 0.955 bits per heavy atom. The number of hydrogen-bond donors (Lipinski definition) is 4. The van der Waals surface area contributed by atoms with Crippen LogP contribution in [0.25, 0.3) is 33.5 Å². The molecule has 1 aliphatic rings. The minimum absolute atomic E-state index is 0. The largest absolute Gasteiger partial charge is 0.342 e. The zero-order valence-corrected chi connectivity index (χ0v) is 25.3. The molecular weight excluding hydrogens is 578 g/mol.